The van der Waals surface area contributed by atoms with E-state index in [1.54, 1.807) is 0 Å². The van der Waals surface area contributed by atoms with Crippen LogP contribution >= 0.6 is 38.5 Å². The highest BCUT2D eigenvalue weighted by atomic mass is 127. The number of carbonyl (C=O) groups is 1. The molecule has 1 rings (SSSR count). The fourth-order valence-corrected chi connectivity index (χ4v) is 1.85. The second kappa shape index (κ2) is 5.10. The highest BCUT2D eigenvalue weighted by Gasteiger charge is 2.06. The van der Waals surface area contributed by atoms with Crippen LogP contribution in [0.5, 0.6) is 0 Å². The number of rotatable bonds is 3. The van der Waals surface area contributed by atoms with Gasteiger partial charge in [-0.15, -0.1) is 0 Å². The molecule has 0 aliphatic heterocycles. The van der Waals surface area contributed by atoms with Crippen molar-refractivity contribution in [3.05, 3.63) is 32.9 Å². The Kier molecular flexibility index (Phi) is 4.38. The summed E-state index contributed by atoms with van der Waals surface area (Å²) in [6.45, 7) is 2.06. The normalized spacial score (nSPS) is 10.1. The van der Waals surface area contributed by atoms with Gasteiger partial charge < -0.3 is 0 Å². The van der Waals surface area contributed by atoms with Gasteiger partial charge in [0.05, 0.1) is 5.33 Å². The van der Waals surface area contributed by atoms with E-state index in [4.69, 9.17) is 0 Å². The molecular formula is C10H10BrIO. The highest BCUT2D eigenvalue weighted by Crippen LogP contribution is 2.17. The van der Waals surface area contributed by atoms with Crippen molar-refractivity contribution in [1.82, 2.24) is 0 Å². The minimum Gasteiger partial charge on any atom is -0.298 e. The quantitative estimate of drug-likeness (QED) is 0.603. The van der Waals surface area contributed by atoms with E-state index in [0.717, 1.165) is 5.56 Å². The van der Waals surface area contributed by atoms with Crippen molar-refractivity contribution in [3.63, 3.8) is 0 Å². The lowest BCUT2D eigenvalue weighted by atomic mass is 10.1. The third kappa shape index (κ3) is 3.06. The molecule has 0 aliphatic rings. The van der Waals surface area contributed by atoms with Crippen LogP contribution < -0.4 is 0 Å². The molecule has 0 saturated carbocycles. The van der Waals surface area contributed by atoms with Gasteiger partial charge in [0.25, 0.3) is 0 Å². The molecule has 1 nitrogen and oxygen atoms in total. The summed E-state index contributed by atoms with van der Waals surface area (Å²) in [6, 6.07) is 6.06. The van der Waals surface area contributed by atoms with E-state index in [2.05, 4.69) is 51.5 Å². The molecule has 0 radical (unpaired) electrons. The second-order valence-electron chi connectivity index (χ2n) is 2.90. The third-order valence-electron chi connectivity index (χ3n) is 1.81. The molecule has 70 valence electrons. The summed E-state index contributed by atoms with van der Waals surface area (Å²) in [6.07, 6.45) is 0.533. The Morgan fingerprint density at radius 2 is 2.23 bits per heavy atom. The van der Waals surface area contributed by atoms with E-state index < -0.39 is 0 Å². The van der Waals surface area contributed by atoms with Crippen LogP contribution in [0.1, 0.15) is 11.1 Å². The van der Waals surface area contributed by atoms with Crippen molar-refractivity contribution in [3.8, 4) is 0 Å². The average molecular weight is 353 g/mol. The summed E-state index contributed by atoms with van der Waals surface area (Å²) < 4.78 is 1.20. The summed E-state index contributed by atoms with van der Waals surface area (Å²) >= 11 is 5.45. The zero-order valence-corrected chi connectivity index (χ0v) is 11.1. The largest absolute Gasteiger partial charge is 0.298 e. The zero-order valence-electron chi connectivity index (χ0n) is 7.31. The predicted molar refractivity (Wildman–Crippen MR) is 66.4 cm³/mol. The lowest BCUT2D eigenvalue weighted by Gasteiger charge is -2.04. The van der Waals surface area contributed by atoms with Crippen LogP contribution in [-0.4, -0.2) is 11.1 Å². The summed E-state index contributed by atoms with van der Waals surface area (Å²) in [5, 5.41) is 0.441. The topological polar surface area (TPSA) is 17.1 Å². The van der Waals surface area contributed by atoms with Gasteiger partial charge in [-0.05, 0) is 40.6 Å². The molecule has 0 amide bonds. The van der Waals surface area contributed by atoms with Gasteiger partial charge in [0.15, 0.2) is 0 Å². The first kappa shape index (κ1) is 11.2. The molecule has 0 fully saturated rings. The van der Waals surface area contributed by atoms with Gasteiger partial charge in [-0.25, -0.2) is 0 Å². The molecule has 0 N–H and O–H groups in total. The summed E-state index contributed by atoms with van der Waals surface area (Å²) in [7, 11) is 0. The molecule has 0 heterocycles. The first-order valence-corrected chi connectivity index (χ1v) is 6.17. The first-order valence-electron chi connectivity index (χ1n) is 3.97. The van der Waals surface area contributed by atoms with Gasteiger partial charge in [-0.2, -0.15) is 0 Å². The molecule has 0 bridgehead atoms. The number of alkyl halides is 1. The van der Waals surface area contributed by atoms with E-state index in [9.17, 15) is 4.79 Å². The molecule has 1 aromatic carbocycles. The fourth-order valence-electron chi connectivity index (χ4n) is 1.10. The lowest BCUT2D eigenvalue weighted by Crippen LogP contribution is -2.05. The van der Waals surface area contributed by atoms with E-state index in [1.807, 2.05) is 12.1 Å². The van der Waals surface area contributed by atoms with Crippen LogP contribution in [0, 0.1) is 10.5 Å². The number of benzene rings is 1. The van der Waals surface area contributed by atoms with Crippen LogP contribution in [0.25, 0.3) is 0 Å². The van der Waals surface area contributed by atoms with Crippen molar-refractivity contribution in [2.24, 2.45) is 0 Å². The summed E-state index contributed by atoms with van der Waals surface area (Å²) in [5.41, 5.74) is 2.37. The molecule has 1 aromatic rings. The summed E-state index contributed by atoms with van der Waals surface area (Å²) in [4.78, 5) is 11.2. The number of halogens is 2. The smallest absolute Gasteiger partial charge is 0.147 e. The van der Waals surface area contributed by atoms with Gasteiger partial charge in [-0.3, -0.25) is 4.79 Å². The summed E-state index contributed by atoms with van der Waals surface area (Å²) in [5.74, 6) is 0.225. The minimum absolute atomic E-state index is 0.225. The molecule has 0 spiro atoms. The average Bonchev–Trinajstić information content (AvgIpc) is 2.13. The van der Waals surface area contributed by atoms with Crippen molar-refractivity contribution in [2.75, 3.05) is 5.33 Å². The maximum absolute atomic E-state index is 11.2. The van der Waals surface area contributed by atoms with Gasteiger partial charge in [-0.1, -0.05) is 34.1 Å². The van der Waals surface area contributed by atoms with E-state index in [-0.39, 0.29) is 5.78 Å². The lowest BCUT2D eigenvalue weighted by molar-refractivity contribution is -0.115. The van der Waals surface area contributed by atoms with Crippen LogP contribution in [0.2, 0.25) is 0 Å². The second-order valence-corrected chi connectivity index (χ2v) is 4.54. The molecule has 13 heavy (non-hydrogen) atoms. The molecule has 3 heteroatoms. The highest BCUT2D eigenvalue weighted by molar-refractivity contribution is 14.1. The zero-order chi connectivity index (χ0) is 9.84. The number of hydrogen-bond donors (Lipinski definition) is 0. The Balaban J connectivity index is 2.89. The van der Waals surface area contributed by atoms with Gasteiger partial charge in [0.2, 0.25) is 0 Å². The molecular weight excluding hydrogens is 343 g/mol. The van der Waals surface area contributed by atoms with Gasteiger partial charge in [0.1, 0.15) is 5.78 Å². The van der Waals surface area contributed by atoms with Gasteiger partial charge in [0, 0.05) is 9.99 Å². The Hall–Kier alpha value is 0.100. The maximum atomic E-state index is 11.2. The van der Waals surface area contributed by atoms with Crippen LogP contribution in [0.15, 0.2) is 18.2 Å². The van der Waals surface area contributed by atoms with Crippen molar-refractivity contribution >= 4 is 44.3 Å². The number of Topliss-reactive ketones (excluding diaryl/α,β-unsaturated/α-hetero) is 1. The molecule has 0 atom stereocenters. The van der Waals surface area contributed by atoms with E-state index in [1.165, 1.54) is 9.13 Å². The van der Waals surface area contributed by atoms with Crippen molar-refractivity contribution < 1.29 is 4.79 Å². The van der Waals surface area contributed by atoms with E-state index in [0.29, 0.717) is 11.8 Å². The molecule has 0 saturated heterocycles. The maximum Gasteiger partial charge on any atom is 0.147 e. The van der Waals surface area contributed by atoms with Gasteiger partial charge >= 0.3 is 0 Å². The minimum atomic E-state index is 0.225. The monoisotopic (exact) mass is 352 g/mol. The Morgan fingerprint density at radius 1 is 1.54 bits per heavy atom. The fraction of sp³-hybridized carbons (Fsp3) is 0.300. The Morgan fingerprint density at radius 3 is 2.85 bits per heavy atom. The third-order valence-corrected chi connectivity index (χ3v) is 3.98. The number of carbonyl (C=O) groups excluding carboxylic acids is 1. The van der Waals surface area contributed by atoms with E-state index >= 15 is 0 Å². The van der Waals surface area contributed by atoms with Crippen LogP contribution in [-0.2, 0) is 11.2 Å². The SMILES string of the molecule is Cc1cccc(CC(=O)CBr)c1I. The Labute approximate surface area is 100 Å². The predicted octanol–water partition coefficient (Wildman–Crippen LogP) is 3.11. The molecule has 0 unspecified atom stereocenters. The first-order chi connectivity index (χ1) is 6.15. The van der Waals surface area contributed by atoms with Crippen LogP contribution in [0.3, 0.4) is 0 Å². The Bertz CT molecular complexity index is 323. The standard InChI is InChI=1S/C10H10BrIO/c1-7-3-2-4-8(10(7)12)5-9(13)6-11/h2-4H,5-6H2,1H3. The van der Waals surface area contributed by atoms with Crippen LogP contribution in [0.4, 0.5) is 0 Å². The number of ketones is 1. The molecule has 0 aromatic heterocycles. The number of hydrogen-bond acceptors (Lipinski definition) is 1. The number of aryl methyl sites for hydroxylation is 1. The van der Waals surface area contributed by atoms with Crippen molar-refractivity contribution in [1.29, 1.82) is 0 Å². The molecule has 0 aliphatic carbocycles. The van der Waals surface area contributed by atoms with Crippen molar-refractivity contribution in [2.45, 2.75) is 13.3 Å².